The number of aromatic nitrogens is 1. The van der Waals surface area contributed by atoms with Crippen molar-refractivity contribution in [2.45, 2.75) is 86.9 Å². The van der Waals surface area contributed by atoms with Crippen LogP contribution in [0.5, 0.6) is 0 Å². The van der Waals surface area contributed by atoms with E-state index in [1.165, 1.54) is 11.1 Å². The Bertz CT molecular complexity index is 952. The highest BCUT2D eigenvalue weighted by Gasteiger charge is 2.76. The summed E-state index contributed by atoms with van der Waals surface area (Å²) in [5, 5.41) is 34.1. The topological polar surface area (TPSA) is 86.1 Å². The molecule has 2 saturated heterocycles. The summed E-state index contributed by atoms with van der Waals surface area (Å²) in [6.07, 6.45) is 9.73. The Labute approximate surface area is 190 Å². The van der Waals surface area contributed by atoms with E-state index >= 15 is 0 Å². The number of hydrogen-bond acceptors (Lipinski definition) is 6. The molecule has 2 spiro atoms. The lowest BCUT2D eigenvalue weighted by molar-refractivity contribution is -0.331. The molecule has 3 unspecified atom stereocenters. The van der Waals surface area contributed by atoms with Crippen LogP contribution >= 0.6 is 0 Å². The molecule has 2 bridgehead atoms. The fraction of sp³-hybridized carbons (Fsp3) is 0.731. The van der Waals surface area contributed by atoms with Gasteiger partial charge >= 0.3 is 0 Å². The summed E-state index contributed by atoms with van der Waals surface area (Å²) in [5.41, 5.74) is 0.395. The molecular weight excluding hydrogens is 404 g/mol. The second-order valence-electron chi connectivity index (χ2n) is 11.7. The SMILES string of the molecule is CN(C)[C@H]1C[C@@]23CC[C@]4(O2)C2CC=C(c5cccnc5)[C@@]2(C)CCC4(O)CC3[C@@H](O)[C@@H]1O. The van der Waals surface area contributed by atoms with Crippen molar-refractivity contribution in [3.05, 3.63) is 36.2 Å². The van der Waals surface area contributed by atoms with Crippen LogP contribution in [0.2, 0.25) is 0 Å². The van der Waals surface area contributed by atoms with Gasteiger partial charge in [-0.3, -0.25) is 4.98 Å². The zero-order valence-electron chi connectivity index (χ0n) is 19.4. The number of allylic oxidation sites excluding steroid dienone is 2. The average Bonchev–Trinajstić information content (AvgIpc) is 3.30. The molecule has 0 radical (unpaired) electrons. The third-order valence-corrected chi connectivity index (χ3v) is 10.2. The molecule has 1 aromatic heterocycles. The number of aliphatic hydroxyl groups is 3. The smallest absolute Gasteiger partial charge is 0.102 e. The van der Waals surface area contributed by atoms with Gasteiger partial charge in [0.2, 0.25) is 0 Å². The van der Waals surface area contributed by atoms with E-state index in [1.807, 2.05) is 37.5 Å². The van der Waals surface area contributed by atoms with Crippen LogP contribution in [0.25, 0.3) is 5.57 Å². The number of ether oxygens (including phenoxy) is 1. The van der Waals surface area contributed by atoms with Gasteiger partial charge in [0.05, 0.1) is 23.4 Å². The summed E-state index contributed by atoms with van der Waals surface area (Å²) in [6.45, 7) is 2.35. The standard InChI is InChI=1S/C26H36N2O4/c1-23-8-10-25(31)13-18-21(29)22(30)19(28(2)3)14-24(18)9-11-26(25,32-24)20(23)7-6-17(23)16-5-4-12-27-15-16/h4-6,12,15,18-22,29-31H,7-11,13-14H2,1-3H3/t18?,19-,20?,21+,22+,23+,24+,25?,26-/m0/s1. The summed E-state index contributed by atoms with van der Waals surface area (Å²) >= 11 is 0. The lowest BCUT2D eigenvalue weighted by Crippen LogP contribution is -2.73. The quantitative estimate of drug-likeness (QED) is 0.655. The Hall–Kier alpha value is -1.31. The van der Waals surface area contributed by atoms with Gasteiger partial charge < -0.3 is 25.0 Å². The molecule has 6 rings (SSSR count). The second-order valence-corrected chi connectivity index (χ2v) is 11.7. The molecule has 3 N–H and O–H groups in total. The molecule has 6 heteroatoms. The molecule has 9 atom stereocenters. The Morgan fingerprint density at radius 2 is 1.91 bits per heavy atom. The molecule has 3 aliphatic carbocycles. The molecule has 2 saturated carbocycles. The molecular formula is C26H36N2O4. The van der Waals surface area contributed by atoms with E-state index in [0.717, 1.165) is 25.7 Å². The maximum atomic E-state index is 12.1. The number of nitrogens with zero attached hydrogens (tertiary/aromatic N) is 2. The third kappa shape index (κ3) is 2.45. The van der Waals surface area contributed by atoms with E-state index in [1.54, 1.807) is 0 Å². The van der Waals surface area contributed by atoms with Gasteiger partial charge in [-0.15, -0.1) is 0 Å². The minimum absolute atomic E-state index is 0.0681. The lowest BCUT2D eigenvalue weighted by Gasteiger charge is -2.65. The maximum absolute atomic E-state index is 12.1. The van der Waals surface area contributed by atoms with Gasteiger partial charge in [-0.25, -0.2) is 0 Å². The molecule has 5 aliphatic rings. The van der Waals surface area contributed by atoms with E-state index in [-0.39, 0.29) is 23.3 Å². The predicted octanol–water partition coefficient (Wildman–Crippen LogP) is 2.38. The molecule has 0 amide bonds. The fourth-order valence-electron chi connectivity index (χ4n) is 8.58. The second kappa shape index (κ2) is 6.63. The van der Waals surface area contributed by atoms with Crippen molar-refractivity contribution in [1.82, 2.24) is 9.88 Å². The van der Waals surface area contributed by atoms with E-state index in [4.69, 9.17) is 4.74 Å². The first-order valence-electron chi connectivity index (χ1n) is 12.2. The average molecular weight is 441 g/mol. The zero-order chi connectivity index (χ0) is 22.5. The normalized spacial score (nSPS) is 51.7. The minimum Gasteiger partial charge on any atom is -0.390 e. The molecule has 174 valence electrons. The maximum Gasteiger partial charge on any atom is 0.102 e. The van der Waals surface area contributed by atoms with Gasteiger partial charge in [-0.1, -0.05) is 19.1 Å². The molecule has 1 aromatic rings. The molecule has 3 heterocycles. The van der Waals surface area contributed by atoms with Crippen LogP contribution in [-0.2, 0) is 4.74 Å². The van der Waals surface area contributed by atoms with Gasteiger partial charge in [0.15, 0.2) is 0 Å². The van der Waals surface area contributed by atoms with Crippen molar-refractivity contribution in [3.8, 4) is 0 Å². The van der Waals surface area contributed by atoms with Gasteiger partial charge in [-0.05, 0) is 81.7 Å². The van der Waals surface area contributed by atoms with Crippen molar-refractivity contribution < 1.29 is 20.1 Å². The number of hydrogen-bond donors (Lipinski definition) is 3. The molecule has 32 heavy (non-hydrogen) atoms. The number of likely N-dealkylation sites (N-methyl/N-ethyl adjacent to an activating group) is 1. The number of aliphatic hydroxyl groups excluding tert-OH is 2. The first kappa shape index (κ1) is 21.2. The van der Waals surface area contributed by atoms with E-state index in [2.05, 4.69) is 24.1 Å². The molecule has 0 aromatic carbocycles. The van der Waals surface area contributed by atoms with Crippen molar-refractivity contribution in [1.29, 1.82) is 0 Å². The van der Waals surface area contributed by atoms with Gasteiger partial charge in [0.25, 0.3) is 0 Å². The van der Waals surface area contributed by atoms with E-state index < -0.39 is 29.0 Å². The summed E-state index contributed by atoms with van der Waals surface area (Å²) in [7, 11) is 3.92. The van der Waals surface area contributed by atoms with Gasteiger partial charge in [0, 0.05) is 30.3 Å². The van der Waals surface area contributed by atoms with Crippen LogP contribution < -0.4 is 0 Å². The zero-order valence-corrected chi connectivity index (χ0v) is 19.4. The van der Waals surface area contributed by atoms with E-state index in [0.29, 0.717) is 19.3 Å². The molecule has 4 fully saturated rings. The Kier molecular flexibility index (Phi) is 4.40. The van der Waals surface area contributed by atoms with Crippen molar-refractivity contribution in [2.24, 2.45) is 17.3 Å². The van der Waals surface area contributed by atoms with Crippen molar-refractivity contribution >= 4 is 5.57 Å². The van der Waals surface area contributed by atoms with Crippen LogP contribution in [0, 0.1) is 17.3 Å². The number of fused-ring (bicyclic) bond motifs is 1. The predicted molar refractivity (Wildman–Crippen MR) is 121 cm³/mol. The highest BCUT2D eigenvalue weighted by molar-refractivity contribution is 5.73. The van der Waals surface area contributed by atoms with Crippen LogP contribution in [0.3, 0.4) is 0 Å². The van der Waals surface area contributed by atoms with Crippen LogP contribution in [-0.4, -0.2) is 74.4 Å². The fourth-order valence-corrected chi connectivity index (χ4v) is 8.58. The highest BCUT2D eigenvalue weighted by atomic mass is 16.6. The molecule has 6 nitrogen and oxygen atoms in total. The highest BCUT2D eigenvalue weighted by Crippen LogP contribution is 2.71. The summed E-state index contributed by atoms with van der Waals surface area (Å²) in [5.74, 6) is -0.0306. The third-order valence-electron chi connectivity index (χ3n) is 10.2. The van der Waals surface area contributed by atoms with Crippen molar-refractivity contribution in [3.63, 3.8) is 0 Å². The lowest BCUT2D eigenvalue weighted by atomic mass is 9.51. The Balaban J connectivity index is 1.40. The van der Waals surface area contributed by atoms with Gasteiger partial charge in [0.1, 0.15) is 5.60 Å². The number of rotatable bonds is 2. The van der Waals surface area contributed by atoms with Gasteiger partial charge in [-0.2, -0.15) is 0 Å². The minimum atomic E-state index is -0.967. The Morgan fingerprint density at radius 1 is 1.09 bits per heavy atom. The van der Waals surface area contributed by atoms with Crippen LogP contribution in [0.4, 0.5) is 0 Å². The summed E-state index contributed by atoms with van der Waals surface area (Å²) in [6, 6.07) is 3.98. The van der Waals surface area contributed by atoms with E-state index in [9.17, 15) is 15.3 Å². The van der Waals surface area contributed by atoms with Crippen LogP contribution in [0.1, 0.15) is 57.4 Å². The Morgan fingerprint density at radius 3 is 2.62 bits per heavy atom. The summed E-state index contributed by atoms with van der Waals surface area (Å²) in [4.78, 5) is 6.36. The monoisotopic (exact) mass is 440 g/mol. The van der Waals surface area contributed by atoms with Crippen LogP contribution in [0.15, 0.2) is 30.6 Å². The first-order valence-corrected chi connectivity index (χ1v) is 12.2. The largest absolute Gasteiger partial charge is 0.390 e. The van der Waals surface area contributed by atoms with Crippen molar-refractivity contribution in [2.75, 3.05) is 14.1 Å². The summed E-state index contributed by atoms with van der Waals surface area (Å²) < 4.78 is 7.15. The molecule has 2 aliphatic heterocycles. The first-order chi connectivity index (χ1) is 15.2. The number of pyridine rings is 1.